The minimum Gasteiger partial charge on any atom is -0.228 e. The molecule has 2 heteroatoms. The van der Waals surface area contributed by atoms with Crippen molar-refractivity contribution in [3.63, 3.8) is 0 Å². The van der Waals surface area contributed by atoms with E-state index in [4.69, 9.17) is 9.97 Å². The molecular weight excluding hydrogens is 725 g/mol. The van der Waals surface area contributed by atoms with Gasteiger partial charge in [0.1, 0.15) is 0 Å². The molecule has 0 saturated carbocycles. The molecule has 1 unspecified atom stereocenters. The Balaban J connectivity index is 1.07. The van der Waals surface area contributed by atoms with Gasteiger partial charge < -0.3 is 0 Å². The molecule has 0 amide bonds. The van der Waals surface area contributed by atoms with Crippen molar-refractivity contribution in [1.29, 1.82) is 0 Å². The standard InChI is InChI=1S/C58H40N2/c1-58(44-24-12-5-13-25-44)53-36-42(39-18-6-2-7-19-39)30-32-49(53)50-33-31-43(37-54(50)58)46-34-35-52(48-28-16-15-27-47(46)48)56-38-55(59-57(60-56)41-22-10-4-11-23-41)51-29-17-14-26-45(51)40-20-8-3-9-21-40/h2-38H,1H3. The lowest BCUT2D eigenvalue weighted by Crippen LogP contribution is -2.22. The predicted octanol–water partition coefficient (Wildman–Crippen LogP) is 15.0. The predicted molar refractivity (Wildman–Crippen MR) is 250 cm³/mol. The van der Waals surface area contributed by atoms with Crippen LogP contribution in [0.15, 0.2) is 224 Å². The normalized spacial score (nSPS) is 14.2. The van der Waals surface area contributed by atoms with Crippen LogP contribution in [0.3, 0.4) is 0 Å². The average molecular weight is 765 g/mol. The first-order valence-electron chi connectivity index (χ1n) is 20.7. The van der Waals surface area contributed by atoms with E-state index in [0.29, 0.717) is 5.82 Å². The molecule has 0 N–H and O–H groups in total. The van der Waals surface area contributed by atoms with Gasteiger partial charge in [-0.15, -0.1) is 0 Å². The van der Waals surface area contributed by atoms with E-state index in [1.54, 1.807) is 0 Å². The van der Waals surface area contributed by atoms with Gasteiger partial charge >= 0.3 is 0 Å². The summed E-state index contributed by atoms with van der Waals surface area (Å²) in [5.74, 6) is 0.702. The molecule has 2 nitrogen and oxygen atoms in total. The zero-order valence-electron chi connectivity index (χ0n) is 33.3. The molecule has 1 heterocycles. The molecule has 1 aliphatic rings. The molecule has 0 spiro atoms. The summed E-state index contributed by atoms with van der Waals surface area (Å²) in [6.45, 7) is 2.40. The average Bonchev–Trinajstić information content (AvgIpc) is 3.59. The molecule has 1 aromatic heterocycles. The van der Waals surface area contributed by atoms with Crippen LogP contribution in [-0.4, -0.2) is 9.97 Å². The second-order valence-corrected chi connectivity index (χ2v) is 15.8. The molecule has 10 aromatic rings. The SMILES string of the molecule is CC1(c2ccccc2)c2cc(-c3ccccc3)ccc2-c2ccc(-c3ccc(-c4cc(-c5ccccc5-c5ccccc5)nc(-c5ccccc5)n4)c4ccccc34)cc21. The molecule has 0 bridgehead atoms. The lowest BCUT2D eigenvalue weighted by atomic mass is 9.73. The van der Waals surface area contributed by atoms with E-state index in [0.717, 1.165) is 44.6 Å². The molecule has 0 fully saturated rings. The number of rotatable bonds is 7. The van der Waals surface area contributed by atoms with Crippen LogP contribution in [-0.2, 0) is 5.41 Å². The maximum absolute atomic E-state index is 5.30. The Kier molecular flexibility index (Phi) is 8.64. The van der Waals surface area contributed by atoms with E-state index in [2.05, 4.69) is 213 Å². The number of hydrogen-bond acceptors (Lipinski definition) is 2. The van der Waals surface area contributed by atoms with Crippen LogP contribution >= 0.6 is 0 Å². The zero-order chi connectivity index (χ0) is 40.0. The van der Waals surface area contributed by atoms with Gasteiger partial charge in [0, 0.05) is 22.1 Å². The van der Waals surface area contributed by atoms with Crippen LogP contribution in [0.2, 0.25) is 0 Å². The largest absolute Gasteiger partial charge is 0.228 e. The van der Waals surface area contributed by atoms with Gasteiger partial charge in [-0.25, -0.2) is 9.97 Å². The van der Waals surface area contributed by atoms with Crippen LogP contribution in [0, 0.1) is 0 Å². The lowest BCUT2D eigenvalue weighted by Gasteiger charge is -2.29. The second-order valence-electron chi connectivity index (χ2n) is 15.8. The molecule has 1 aliphatic carbocycles. The summed E-state index contributed by atoms with van der Waals surface area (Å²) >= 11 is 0. The van der Waals surface area contributed by atoms with E-state index >= 15 is 0 Å². The van der Waals surface area contributed by atoms with E-state index in [9.17, 15) is 0 Å². The minimum absolute atomic E-state index is 0.344. The summed E-state index contributed by atoms with van der Waals surface area (Å²) < 4.78 is 0. The van der Waals surface area contributed by atoms with Crippen molar-refractivity contribution in [3.8, 4) is 78.4 Å². The molecular formula is C58H40N2. The Morgan fingerprint density at radius 1 is 0.300 bits per heavy atom. The molecule has 11 rings (SSSR count). The van der Waals surface area contributed by atoms with Crippen LogP contribution in [0.4, 0.5) is 0 Å². The van der Waals surface area contributed by atoms with E-state index in [-0.39, 0.29) is 5.41 Å². The molecule has 282 valence electrons. The summed E-state index contributed by atoms with van der Waals surface area (Å²) in [5.41, 5.74) is 18.2. The second kappa shape index (κ2) is 14.6. The van der Waals surface area contributed by atoms with Crippen molar-refractivity contribution in [2.75, 3.05) is 0 Å². The van der Waals surface area contributed by atoms with E-state index < -0.39 is 0 Å². The Bertz CT molecular complexity index is 3190. The Morgan fingerprint density at radius 3 is 1.40 bits per heavy atom. The highest BCUT2D eigenvalue weighted by Gasteiger charge is 2.41. The van der Waals surface area contributed by atoms with Crippen LogP contribution in [0.5, 0.6) is 0 Å². The highest BCUT2D eigenvalue weighted by Crippen LogP contribution is 2.54. The van der Waals surface area contributed by atoms with Crippen molar-refractivity contribution in [3.05, 3.63) is 241 Å². The summed E-state index contributed by atoms with van der Waals surface area (Å²) in [6, 6.07) is 80.7. The molecule has 9 aromatic carbocycles. The Labute approximate surface area is 351 Å². The first-order chi connectivity index (χ1) is 29.6. The quantitative estimate of drug-likeness (QED) is 0.162. The van der Waals surface area contributed by atoms with Gasteiger partial charge in [0.25, 0.3) is 0 Å². The van der Waals surface area contributed by atoms with Crippen LogP contribution < -0.4 is 0 Å². The van der Waals surface area contributed by atoms with Gasteiger partial charge in [-0.05, 0) is 97.1 Å². The topological polar surface area (TPSA) is 25.8 Å². The van der Waals surface area contributed by atoms with Crippen LogP contribution in [0.1, 0.15) is 23.6 Å². The first kappa shape index (κ1) is 35.5. The Morgan fingerprint density at radius 2 is 0.750 bits per heavy atom. The summed E-state index contributed by atoms with van der Waals surface area (Å²) in [7, 11) is 0. The third kappa shape index (κ3) is 5.96. The molecule has 60 heavy (non-hydrogen) atoms. The number of aromatic nitrogens is 2. The zero-order valence-corrected chi connectivity index (χ0v) is 33.3. The lowest BCUT2D eigenvalue weighted by molar-refractivity contribution is 0.714. The minimum atomic E-state index is -0.344. The number of fused-ring (bicyclic) bond motifs is 4. The summed E-state index contributed by atoms with van der Waals surface area (Å²) in [5, 5.41) is 2.33. The number of hydrogen-bond donors (Lipinski definition) is 0. The fourth-order valence-corrected chi connectivity index (χ4v) is 9.38. The maximum atomic E-state index is 5.30. The summed E-state index contributed by atoms with van der Waals surface area (Å²) in [4.78, 5) is 10.5. The van der Waals surface area contributed by atoms with Gasteiger partial charge in [-0.3, -0.25) is 0 Å². The van der Waals surface area contributed by atoms with Gasteiger partial charge in [-0.1, -0.05) is 206 Å². The third-order valence-electron chi connectivity index (χ3n) is 12.4. The van der Waals surface area contributed by atoms with Crippen molar-refractivity contribution in [2.24, 2.45) is 0 Å². The molecule has 1 atom stereocenters. The smallest absolute Gasteiger partial charge is 0.160 e. The van der Waals surface area contributed by atoms with Gasteiger partial charge in [0.15, 0.2) is 5.82 Å². The monoisotopic (exact) mass is 764 g/mol. The molecule has 0 aliphatic heterocycles. The molecule has 0 saturated heterocycles. The van der Waals surface area contributed by atoms with E-state index in [1.165, 1.54) is 55.5 Å². The highest BCUT2D eigenvalue weighted by atomic mass is 14.9. The van der Waals surface area contributed by atoms with Gasteiger partial charge in [0.05, 0.1) is 11.4 Å². The van der Waals surface area contributed by atoms with Crippen molar-refractivity contribution in [2.45, 2.75) is 12.3 Å². The van der Waals surface area contributed by atoms with Gasteiger partial charge in [-0.2, -0.15) is 0 Å². The first-order valence-corrected chi connectivity index (χ1v) is 20.7. The number of benzene rings is 9. The fourth-order valence-electron chi connectivity index (χ4n) is 9.38. The third-order valence-corrected chi connectivity index (χ3v) is 12.4. The van der Waals surface area contributed by atoms with E-state index in [1.807, 2.05) is 18.2 Å². The number of nitrogens with zero attached hydrogens (tertiary/aromatic N) is 2. The highest BCUT2D eigenvalue weighted by molar-refractivity contribution is 6.05. The van der Waals surface area contributed by atoms with Crippen molar-refractivity contribution < 1.29 is 0 Å². The summed E-state index contributed by atoms with van der Waals surface area (Å²) in [6.07, 6.45) is 0. The Hall–Kier alpha value is -7.68. The maximum Gasteiger partial charge on any atom is 0.160 e. The fraction of sp³-hybridized carbons (Fsp3) is 0.0345. The van der Waals surface area contributed by atoms with Crippen molar-refractivity contribution in [1.82, 2.24) is 9.97 Å². The van der Waals surface area contributed by atoms with Crippen molar-refractivity contribution >= 4 is 10.8 Å². The molecule has 0 radical (unpaired) electrons. The van der Waals surface area contributed by atoms with Gasteiger partial charge in [0.2, 0.25) is 0 Å². The van der Waals surface area contributed by atoms with Crippen LogP contribution in [0.25, 0.3) is 89.2 Å².